The summed E-state index contributed by atoms with van der Waals surface area (Å²) in [6.45, 7) is 0.864. The summed E-state index contributed by atoms with van der Waals surface area (Å²) in [5.74, 6) is -1.46. The predicted molar refractivity (Wildman–Crippen MR) is 73.5 cm³/mol. The number of anilines is 1. The van der Waals surface area contributed by atoms with Crippen molar-refractivity contribution >= 4 is 17.5 Å². The Morgan fingerprint density at radius 2 is 2.12 bits per heavy atom. The predicted octanol–water partition coefficient (Wildman–Crippen LogP) is 2.93. The summed E-state index contributed by atoms with van der Waals surface area (Å²) in [5.41, 5.74) is -1.59. The van der Waals surface area contributed by atoms with E-state index >= 15 is 0 Å². The molecule has 0 saturated carbocycles. The van der Waals surface area contributed by atoms with Gasteiger partial charge >= 0.3 is 6.18 Å². The summed E-state index contributed by atoms with van der Waals surface area (Å²) in [6, 6.07) is 3.38. The SMILES string of the molecule is Cc1cc(NC(=O)COc2ccc([N+](=O)[O-])cc2C(F)(F)F)on1. The molecule has 1 amide bonds. The Morgan fingerprint density at radius 1 is 1.42 bits per heavy atom. The van der Waals surface area contributed by atoms with E-state index < -0.39 is 40.6 Å². The van der Waals surface area contributed by atoms with Crippen molar-refractivity contribution < 1.29 is 32.1 Å². The van der Waals surface area contributed by atoms with Crippen molar-refractivity contribution in [2.75, 3.05) is 11.9 Å². The number of benzene rings is 1. The Bertz CT molecular complexity index is 772. The molecular weight excluding hydrogens is 335 g/mol. The van der Waals surface area contributed by atoms with E-state index in [1.807, 2.05) is 0 Å². The van der Waals surface area contributed by atoms with Crippen molar-refractivity contribution in [3.05, 3.63) is 45.6 Å². The smallest absolute Gasteiger partial charge is 0.420 e. The number of rotatable bonds is 5. The molecule has 8 nitrogen and oxygen atoms in total. The maximum absolute atomic E-state index is 12.9. The van der Waals surface area contributed by atoms with Gasteiger partial charge in [0.2, 0.25) is 5.88 Å². The van der Waals surface area contributed by atoms with Crippen LogP contribution in [0.15, 0.2) is 28.8 Å². The minimum absolute atomic E-state index is 0.0147. The van der Waals surface area contributed by atoms with Crippen LogP contribution in [0.5, 0.6) is 5.75 Å². The lowest BCUT2D eigenvalue weighted by atomic mass is 10.1. The summed E-state index contributed by atoms with van der Waals surface area (Å²) in [5, 5.41) is 16.3. The van der Waals surface area contributed by atoms with E-state index in [1.54, 1.807) is 6.92 Å². The van der Waals surface area contributed by atoms with Crippen LogP contribution in [0.3, 0.4) is 0 Å². The highest BCUT2D eigenvalue weighted by molar-refractivity contribution is 5.90. The van der Waals surface area contributed by atoms with Gasteiger partial charge in [0, 0.05) is 18.2 Å². The van der Waals surface area contributed by atoms with Crippen LogP contribution in [0, 0.1) is 17.0 Å². The molecule has 0 saturated heterocycles. The van der Waals surface area contributed by atoms with Crippen LogP contribution >= 0.6 is 0 Å². The zero-order valence-electron chi connectivity index (χ0n) is 12.1. The van der Waals surface area contributed by atoms with Gasteiger partial charge in [0.1, 0.15) is 11.3 Å². The van der Waals surface area contributed by atoms with E-state index in [0.717, 1.165) is 12.1 Å². The topological polar surface area (TPSA) is 108 Å². The van der Waals surface area contributed by atoms with Gasteiger partial charge in [0.15, 0.2) is 6.61 Å². The molecule has 11 heteroatoms. The van der Waals surface area contributed by atoms with Crippen LogP contribution in [-0.4, -0.2) is 22.6 Å². The Labute approximate surface area is 132 Å². The Balaban J connectivity index is 2.11. The van der Waals surface area contributed by atoms with E-state index in [2.05, 4.69) is 10.5 Å². The quantitative estimate of drug-likeness (QED) is 0.659. The number of carbonyl (C=O) groups excluding carboxylic acids is 1. The highest BCUT2D eigenvalue weighted by Crippen LogP contribution is 2.38. The van der Waals surface area contributed by atoms with E-state index in [9.17, 15) is 28.1 Å². The van der Waals surface area contributed by atoms with Crippen molar-refractivity contribution in [1.82, 2.24) is 5.16 Å². The van der Waals surface area contributed by atoms with Crippen LogP contribution in [0.2, 0.25) is 0 Å². The standard InChI is InChI=1S/C13H10F3N3O5/c1-7-4-12(24-18-7)17-11(20)6-23-10-3-2-8(19(21)22)5-9(10)13(14,15)16/h2-5H,6H2,1H3,(H,17,20). The van der Waals surface area contributed by atoms with Crippen LogP contribution in [0.25, 0.3) is 0 Å². The average Bonchev–Trinajstić information content (AvgIpc) is 2.89. The fourth-order valence-corrected chi connectivity index (χ4v) is 1.72. The summed E-state index contributed by atoms with van der Waals surface area (Å²) >= 11 is 0. The average molecular weight is 345 g/mol. The van der Waals surface area contributed by atoms with Crippen molar-refractivity contribution in [2.24, 2.45) is 0 Å². The molecule has 0 aliphatic carbocycles. The molecule has 2 rings (SSSR count). The third kappa shape index (κ3) is 4.21. The third-order valence-corrected chi connectivity index (χ3v) is 2.73. The van der Waals surface area contributed by atoms with Crippen molar-refractivity contribution in [3.8, 4) is 5.75 Å². The van der Waals surface area contributed by atoms with Gasteiger partial charge in [-0.25, -0.2) is 0 Å². The van der Waals surface area contributed by atoms with Gasteiger partial charge in [-0.05, 0) is 13.0 Å². The molecule has 1 aromatic carbocycles. The normalized spacial score (nSPS) is 11.2. The molecule has 1 aromatic heterocycles. The van der Waals surface area contributed by atoms with Gasteiger partial charge < -0.3 is 9.26 Å². The lowest BCUT2D eigenvalue weighted by Gasteiger charge is -2.13. The largest absolute Gasteiger partial charge is 0.483 e. The van der Waals surface area contributed by atoms with Crippen molar-refractivity contribution in [1.29, 1.82) is 0 Å². The molecule has 1 heterocycles. The second kappa shape index (κ2) is 6.56. The second-order valence-corrected chi connectivity index (χ2v) is 4.60. The van der Waals surface area contributed by atoms with E-state index in [4.69, 9.17) is 9.26 Å². The number of nitro groups is 1. The zero-order chi connectivity index (χ0) is 17.9. The lowest BCUT2D eigenvalue weighted by Crippen LogP contribution is -2.21. The van der Waals surface area contributed by atoms with Crippen molar-refractivity contribution in [2.45, 2.75) is 13.1 Å². The molecule has 2 aromatic rings. The first-order valence-corrected chi connectivity index (χ1v) is 6.38. The number of nitrogens with one attached hydrogen (secondary N) is 1. The number of ether oxygens (including phenoxy) is 1. The van der Waals surface area contributed by atoms with Gasteiger partial charge in [-0.15, -0.1) is 0 Å². The number of alkyl halides is 3. The zero-order valence-corrected chi connectivity index (χ0v) is 12.1. The van der Waals surface area contributed by atoms with E-state index in [-0.39, 0.29) is 5.88 Å². The number of aryl methyl sites for hydroxylation is 1. The minimum atomic E-state index is -4.88. The maximum Gasteiger partial charge on any atom is 0.420 e. The molecule has 0 bridgehead atoms. The Hall–Kier alpha value is -3.11. The van der Waals surface area contributed by atoms with Gasteiger partial charge in [-0.3, -0.25) is 20.2 Å². The molecule has 0 atom stereocenters. The molecule has 0 spiro atoms. The summed E-state index contributed by atoms with van der Waals surface area (Å²) in [4.78, 5) is 21.2. The summed E-state index contributed by atoms with van der Waals surface area (Å²) in [6.07, 6.45) is -4.88. The first-order chi connectivity index (χ1) is 11.2. The monoisotopic (exact) mass is 345 g/mol. The van der Waals surface area contributed by atoms with Crippen molar-refractivity contribution in [3.63, 3.8) is 0 Å². The number of aromatic nitrogens is 1. The number of nitro benzene ring substituents is 1. The lowest BCUT2D eigenvalue weighted by molar-refractivity contribution is -0.385. The van der Waals surface area contributed by atoms with Gasteiger partial charge in [0.05, 0.1) is 10.6 Å². The number of amides is 1. The first-order valence-electron chi connectivity index (χ1n) is 6.38. The van der Waals surface area contributed by atoms with Gasteiger partial charge in [-0.1, -0.05) is 5.16 Å². The molecule has 24 heavy (non-hydrogen) atoms. The van der Waals surface area contributed by atoms with Gasteiger partial charge in [0.25, 0.3) is 11.6 Å². The van der Waals surface area contributed by atoms with Crippen LogP contribution in [0.4, 0.5) is 24.7 Å². The third-order valence-electron chi connectivity index (χ3n) is 2.73. The molecular formula is C13H10F3N3O5. The van der Waals surface area contributed by atoms with E-state index in [1.165, 1.54) is 6.07 Å². The second-order valence-electron chi connectivity index (χ2n) is 4.60. The number of hydrogen-bond acceptors (Lipinski definition) is 6. The molecule has 0 unspecified atom stereocenters. The molecule has 128 valence electrons. The van der Waals surface area contributed by atoms with Crippen LogP contribution in [0.1, 0.15) is 11.3 Å². The highest BCUT2D eigenvalue weighted by atomic mass is 19.4. The maximum atomic E-state index is 12.9. The first kappa shape index (κ1) is 17.2. The number of halogens is 3. The van der Waals surface area contributed by atoms with E-state index in [0.29, 0.717) is 11.8 Å². The molecule has 1 N–H and O–H groups in total. The molecule has 0 aliphatic rings. The summed E-state index contributed by atoms with van der Waals surface area (Å²) < 4.78 is 48.4. The molecule has 0 fully saturated rings. The van der Waals surface area contributed by atoms with Gasteiger partial charge in [-0.2, -0.15) is 13.2 Å². The number of non-ortho nitro benzene ring substituents is 1. The fraction of sp³-hybridized carbons (Fsp3) is 0.231. The number of hydrogen-bond donors (Lipinski definition) is 1. The van der Waals surface area contributed by atoms with Crippen LogP contribution < -0.4 is 10.1 Å². The molecule has 0 aliphatic heterocycles. The van der Waals surface area contributed by atoms with Crippen LogP contribution in [-0.2, 0) is 11.0 Å². The Kier molecular flexibility index (Phi) is 4.71. The summed E-state index contributed by atoms with van der Waals surface area (Å²) in [7, 11) is 0. The number of carbonyl (C=O) groups is 1. The highest BCUT2D eigenvalue weighted by Gasteiger charge is 2.36. The minimum Gasteiger partial charge on any atom is -0.483 e. The fourth-order valence-electron chi connectivity index (χ4n) is 1.72. The molecule has 0 radical (unpaired) electrons. The Morgan fingerprint density at radius 3 is 2.67 bits per heavy atom. The number of nitrogens with zero attached hydrogens (tertiary/aromatic N) is 2.